The summed E-state index contributed by atoms with van der Waals surface area (Å²) in [5.41, 5.74) is 3.47. The van der Waals surface area contributed by atoms with E-state index in [2.05, 4.69) is 16.8 Å². The molecule has 0 radical (unpaired) electrons. The monoisotopic (exact) mass is 679 g/mol. The summed E-state index contributed by atoms with van der Waals surface area (Å²) in [6.07, 6.45) is 1.62. The molecule has 0 saturated carbocycles. The predicted octanol–water partition coefficient (Wildman–Crippen LogP) is 8.05. The van der Waals surface area contributed by atoms with Gasteiger partial charge in [0.1, 0.15) is 36.3 Å². The zero-order chi connectivity index (χ0) is 33.6. The van der Waals surface area contributed by atoms with Crippen LogP contribution in [0.1, 0.15) is 33.9 Å². The number of anilines is 1. The molecule has 1 atom stereocenters. The summed E-state index contributed by atoms with van der Waals surface area (Å²) in [6.45, 7) is 6.36. The number of aromatic nitrogens is 2. The van der Waals surface area contributed by atoms with E-state index in [0.717, 1.165) is 22.5 Å². The van der Waals surface area contributed by atoms with Gasteiger partial charge in [-0.2, -0.15) is 0 Å². The van der Waals surface area contributed by atoms with Crippen LogP contribution < -0.4 is 14.4 Å². The number of amides is 1. The van der Waals surface area contributed by atoms with Gasteiger partial charge in [-0.3, -0.25) is 14.5 Å². The fourth-order valence-electron chi connectivity index (χ4n) is 5.16. The minimum Gasteiger partial charge on any atom is -0.507 e. The number of benzene rings is 4. The maximum Gasteiger partial charge on any atom is 0.301 e. The first-order chi connectivity index (χ1) is 23.3. The van der Waals surface area contributed by atoms with Crippen LogP contribution in [0.3, 0.4) is 0 Å². The highest BCUT2D eigenvalue weighted by Crippen LogP contribution is 2.44. The Labute approximate surface area is 285 Å². The zero-order valence-electron chi connectivity index (χ0n) is 25.8. The summed E-state index contributed by atoms with van der Waals surface area (Å²) in [4.78, 5) is 28.5. The van der Waals surface area contributed by atoms with Crippen LogP contribution in [0, 0.1) is 12.7 Å². The molecule has 242 valence electrons. The minimum absolute atomic E-state index is 0.0934. The molecule has 8 nitrogen and oxygen atoms in total. The second-order valence-electron chi connectivity index (χ2n) is 10.8. The molecule has 2 heterocycles. The average Bonchev–Trinajstić information content (AvgIpc) is 3.68. The molecule has 1 amide bonds. The van der Waals surface area contributed by atoms with E-state index in [0.29, 0.717) is 51.5 Å². The van der Waals surface area contributed by atoms with Crippen molar-refractivity contribution in [3.63, 3.8) is 0 Å². The number of hydrogen-bond acceptors (Lipinski definition) is 9. The molecule has 1 aliphatic rings. The van der Waals surface area contributed by atoms with E-state index in [4.69, 9.17) is 9.47 Å². The molecule has 5 aromatic rings. The molecule has 1 fully saturated rings. The Balaban J connectivity index is 1.31. The molecule has 48 heavy (non-hydrogen) atoms. The maximum absolute atomic E-state index is 14.2. The van der Waals surface area contributed by atoms with Gasteiger partial charge in [0.25, 0.3) is 5.78 Å². The fraction of sp³-hybridized carbons (Fsp3) is 0.135. The van der Waals surface area contributed by atoms with Gasteiger partial charge in [-0.25, -0.2) is 4.39 Å². The second kappa shape index (κ2) is 14.7. The highest BCUT2D eigenvalue weighted by molar-refractivity contribution is 8.00. The Kier molecular flexibility index (Phi) is 9.98. The van der Waals surface area contributed by atoms with E-state index >= 15 is 0 Å². The van der Waals surface area contributed by atoms with Gasteiger partial charge < -0.3 is 14.6 Å². The highest BCUT2D eigenvalue weighted by Gasteiger charge is 2.48. The van der Waals surface area contributed by atoms with Crippen LogP contribution >= 0.6 is 23.1 Å². The van der Waals surface area contributed by atoms with Crippen molar-refractivity contribution in [3.05, 3.63) is 149 Å². The van der Waals surface area contributed by atoms with E-state index in [1.165, 1.54) is 22.7 Å². The number of thioether (sulfide) groups is 1. The molecular weight excluding hydrogens is 650 g/mol. The van der Waals surface area contributed by atoms with Gasteiger partial charge in [-0.05, 0) is 71.6 Å². The molecule has 1 saturated heterocycles. The molecule has 11 heteroatoms. The first-order valence-corrected chi connectivity index (χ1v) is 16.8. The number of carbonyl (C=O) groups excluding carboxylic acids is 2. The van der Waals surface area contributed by atoms with Gasteiger partial charge in [0.05, 0.1) is 11.6 Å². The van der Waals surface area contributed by atoms with Gasteiger partial charge in [0.15, 0.2) is 4.34 Å². The number of hydrogen-bond donors (Lipinski definition) is 1. The predicted molar refractivity (Wildman–Crippen MR) is 185 cm³/mol. The summed E-state index contributed by atoms with van der Waals surface area (Å²) in [6, 6.07) is 27.0. The molecule has 6 rings (SSSR count). The molecule has 1 unspecified atom stereocenters. The number of nitrogens with zero attached hydrogens (tertiary/aromatic N) is 3. The number of rotatable bonds is 12. The molecule has 0 aliphatic carbocycles. The SMILES string of the molecule is C=CCOc1ccc(C2C(=C(O)c3ccc(OCc4ccccc4C)cc3)C(=O)C(=O)N2c2nnc(SCc3ccccc3F)s2)cc1. The van der Waals surface area contributed by atoms with Crippen LogP contribution in [0.25, 0.3) is 5.76 Å². The molecule has 0 bridgehead atoms. The summed E-state index contributed by atoms with van der Waals surface area (Å²) < 4.78 is 26.3. The number of aryl methyl sites for hydroxylation is 1. The van der Waals surface area contributed by atoms with E-state index < -0.39 is 17.7 Å². The first kappa shape index (κ1) is 32.7. The number of Topliss-reactive ketones (excluding diaryl/α,β-unsaturated/α-hetero) is 1. The van der Waals surface area contributed by atoms with Crippen LogP contribution in [0.15, 0.2) is 120 Å². The molecule has 1 aliphatic heterocycles. The lowest BCUT2D eigenvalue weighted by atomic mass is 9.95. The zero-order valence-corrected chi connectivity index (χ0v) is 27.5. The Morgan fingerprint density at radius 3 is 2.31 bits per heavy atom. The van der Waals surface area contributed by atoms with Crippen LogP contribution in [0.4, 0.5) is 9.52 Å². The molecule has 1 N–H and O–H groups in total. The van der Waals surface area contributed by atoms with Crippen molar-refractivity contribution >= 4 is 45.7 Å². The molecule has 0 spiro atoms. The average molecular weight is 680 g/mol. The largest absolute Gasteiger partial charge is 0.507 e. The van der Waals surface area contributed by atoms with Crippen molar-refractivity contribution in [2.75, 3.05) is 11.5 Å². The maximum atomic E-state index is 14.2. The van der Waals surface area contributed by atoms with Crippen LogP contribution in [0.2, 0.25) is 0 Å². The van der Waals surface area contributed by atoms with Crippen molar-refractivity contribution in [1.82, 2.24) is 10.2 Å². The van der Waals surface area contributed by atoms with Crippen LogP contribution in [-0.2, 0) is 21.9 Å². The third kappa shape index (κ3) is 7.02. The van der Waals surface area contributed by atoms with Gasteiger partial charge in [-0.15, -0.1) is 10.2 Å². The fourth-order valence-corrected chi connectivity index (χ4v) is 7.01. The third-order valence-electron chi connectivity index (χ3n) is 7.70. The second-order valence-corrected chi connectivity index (χ2v) is 13.0. The van der Waals surface area contributed by atoms with Crippen molar-refractivity contribution in [1.29, 1.82) is 0 Å². The molecule has 1 aromatic heterocycles. The van der Waals surface area contributed by atoms with E-state index in [1.54, 1.807) is 72.8 Å². The lowest BCUT2D eigenvalue weighted by Crippen LogP contribution is -2.29. The highest BCUT2D eigenvalue weighted by atomic mass is 32.2. The number of aliphatic hydroxyl groups excluding tert-OH is 1. The summed E-state index contributed by atoms with van der Waals surface area (Å²) in [7, 11) is 0. The van der Waals surface area contributed by atoms with Gasteiger partial charge >= 0.3 is 5.91 Å². The van der Waals surface area contributed by atoms with E-state index in [9.17, 15) is 19.1 Å². The van der Waals surface area contributed by atoms with Crippen molar-refractivity contribution in [2.24, 2.45) is 0 Å². The number of ketones is 1. The number of carbonyl (C=O) groups is 2. The standard InChI is InChI=1S/C37H30FN3O5S2/c1-3-20-45-28-16-12-24(13-17-28)32-31(33(42)25-14-18-29(19-15-25)46-21-26-9-5-4-8-23(26)2)34(43)35(44)41(32)36-39-40-37(48-36)47-22-27-10-6-7-11-30(27)38/h3-19,32,42H,1,20-22H2,2H3. The number of ether oxygens (including phenoxy) is 2. The van der Waals surface area contributed by atoms with Crippen LogP contribution in [0.5, 0.6) is 11.5 Å². The van der Waals surface area contributed by atoms with Crippen molar-refractivity contribution in [3.8, 4) is 11.5 Å². The topological polar surface area (TPSA) is 102 Å². The van der Waals surface area contributed by atoms with Gasteiger partial charge in [0.2, 0.25) is 5.13 Å². The quantitative estimate of drug-likeness (QED) is 0.0353. The van der Waals surface area contributed by atoms with E-state index in [1.807, 2.05) is 31.2 Å². The van der Waals surface area contributed by atoms with Crippen molar-refractivity contribution < 1.29 is 28.6 Å². The Morgan fingerprint density at radius 2 is 1.60 bits per heavy atom. The summed E-state index contributed by atoms with van der Waals surface area (Å²) in [5, 5.41) is 20.2. The molecule has 4 aromatic carbocycles. The lowest BCUT2D eigenvalue weighted by Gasteiger charge is -2.22. The Bertz CT molecular complexity index is 1990. The van der Waals surface area contributed by atoms with Crippen LogP contribution in [-0.4, -0.2) is 33.6 Å². The van der Waals surface area contributed by atoms with E-state index in [-0.39, 0.29) is 22.3 Å². The molecular formula is C37H30FN3O5S2. The first-order valence-electron chi connectivity index (χ1n) is 15.0. The minimum atomic E-state index is -1.01. The van der Waals surface area contributed by atoms with Gasteiger partial charge in [0, 0.05) is 11.3 Å². The van der Waals surface area contributed by atoms with Crippen molar-refractivity contribution in [2.45, 2.75) is 29.7 Å². The smallest absolute Gasteiger partial charge is 0.301 e. The summed E-state index contributed by atoms with van der Waals surface area (Å²) >= 11 is 2.37. The normalized spacial score (nSPS) is 15.5. The summed E-state index contributed by atoms with van der Waals surface area (Å²) in [5.74, 6) is -0.923. The number of halogens is 1. The lowest BCUT2D eigenvalue weighted by molar-refractivity contribution is -0.132. The third-order valence-corrected chi connectivity index (χ3v) is 9.81. The van der Waals surface area contributed by atoms with Gasteiger partial charge in [-0.1, -0.05) is 90.4 Å². The number of aliphatic hydroxyl groups is 1. The Hall–Kier alpha value is -5.26. The Morgan fingerprint density at radius 1 is 0.938 bits per heavy atom.